The minimum atomic E-state index is 0.323. The summed E-state index contributed by atoms with van der Waals surface area (Å²) in [5.74, 6) is 2.98. The van der Waals surface area contributed by atoms with Crippen molar-refractivity contribution in [3.63, 3.8) is 0 Å². The number of hydrogen-bond donors (Lipinski definition) is 1. The number of hydrogen-bond acceptors (Lipinski definition) is 5. The Bertz CT molecular complexity index is 842. The molecule has 0 fully saturated rings. The molecule has 0 aliphatic carbocycles. The molecule has 3 aromatic rings. The first-order valence-corrected chi connectivity index (χ1v) is 9.54. The van der Waals surface area contributed by atoms with E-state index in [0.717, 1.165) is 27.3 Å². The number of nitrogens with zero attached hydrogens (tertiary/aromatic N) is 2. The van der Waals surface area contributed by atoms with Gasteiger partial charge in [-0.1, -0.05) is 29.4 Å². The maximum Gasteiger partial charge on any atom is 0.208 e. The Morgan fingerprint density at radius 3 is 2.72 bits per heavy atom. The fraction of sp³-hybridized carbons (Fsp3) is 0.176. The molecule has 8 heteroatoms. The summed E-state index contributed by atoms with van der Waals surface area (Å²) < 4.78 is 11.8. The summed E-state index contributed by atoms with van der Waals surface area (Å²) in [5, 5.41) is 8.45. The molecule has 0 unspecified atom stereocenters. The molecule has 0 atom stereocenters. The molecule has 25 heavy (non-hydrogen) atoms. The van der Waals surface area contributed by atoms with E-state index >= 15 is 0 Å². The van der Waals surface area contributed by atoms with Gasteiger partial charge in [-0.3, -0.25) is 5.10 Å². The van der Waals surface area contributed by atoms with Gasteiger partial charge in [-0.25, -0.2) is 4.98 Å². The zero-order chi connectivity index (χ0) is 17.6. The average molecular weight is 441 g/mol. The summed E-state index contributed by atoms with van der Waals surface area (Å²) in [5.41, 5.74) is 1.15. The number of methoxy groups -OCH3 is 1. The normalized spacial score (nSPS) is 10.7. The topological polar surface area (TPSA) is 60.0 Å². The predicted molar refractivity (Wildman–Crippen MR) is 102 cm³/mol. The van der Waals surface area contributed by atoms with Crippen LogP contribution in [0.1, 0.15) is 11.4 Å². The first-order chi connectivity index (χ1) is 12.1. The Balaban J connectivity index is 1.53. The predicted octanol–water partition coefficient (Wildman–Crippen LogP) is 5.10. The zero-order valence-corrected chi connectivity index (χ0v) is 16.5. The van der Waals surface area contributed by atoms with Crippen molar-refractivity contribution in [1.82, 2.24) is 15.2 Å². The number of rotatable bonds is 7. The van der Waals surface area contributed by atoms with Crippen molar-refractivity contribution in [2.24, 2.45) is 0 Å². The minimum Gasteiger partial charge on any atom is -0.496 e. The number of ether oxygens (including phenoxy) is 2. The van der Waals surface area contributed by atoms with Gasteiger partial charge in [-0.15, -0.1) is 5.10 Å². The average Bonchev–Trinajstić information content (AvgIpc) is 3.07. The fourth-order valence-corrected chi connectivity index (χ4v) is 3.51. The fourth-order valence-electron chi connectivity index (χ4n) is 2.04. The lowest BCUT2D eigenvalue weighted by molar-refractivity contribution is 0.296. The largest absolute Gasteiger partial charge is 0.496 e. The second-order valence-electron chi connectivity index (χ2n) is 5.06. The van der Waals surface area contributed by atoms with Crippen LogP contribution in [0.25, 0.3) is 0 Å². The molecule has 0 saturated heterocycles. The van der Waals surface area contributed by atoms with Crippen molar-refractivity contribution in [3.8, 4) is 11.5 Å². The molecule has 2 aromatic carbocycles. The minimum absolute atomic E-state index is 0.323. The standard InChI is InChI=1S/C17H15BrClN3O2S/c1-23-15-7-2-11(8-14(15)18)10-25-17-20-16(21-22-17)9-24-13-5-3-12(19)4-6-13/h2-8H,9-10H2,1H3,(H,20,21,22). The number of halogens is 2. The van der Waals surface area contributed by atoms with E-state index in [2.05, 4.69) is 31.1 Å². The van der Waals surface area contributed by atoms with E-state index in [1.807, 2.05) is 30.3 Å². The molecule has 1 N–H and O–H groups in total. The number of aromatic nitrogens is 3. The van der Waals surface area contributed by atoms with Crippen LogP contribution >= 0.6 is 39.3 Å². The van der Waals surface area contributed by atoms with Crippen molar-refractivity contribution in [2.45, 2.75) is 17.5 Å². The molecule has 3 rings (SSSR count). The number of H-pyrrole nitrogens is 1. The molecule has 130 valence electrons. The van der Waals surface area contributed by atoms with Gasteiger partial charge in [0.15, 0.2) is 5.82 Å². The van der Waals surface area contributed by atoms with Crippen LogP contribution < -0.4 is 9.47 Å². The number of aromatic amines is 1. The van der Waals surface area contributed by atoms with Crippen molar-refractivity contribution < 1.29 is 9.47 Å². The Morgan fingerprint density at radius 1 is 1.20 bits per heavy atom. The van der Waals surface area contributed by atoms with Crippen LogP contribution in [0.4, 0.5) is 0 Å². The van der Waals surface area contributed by atoms with E-state index in [1.165, 1.54) is 0 Å². The summed E-state index contributed by atoms with van der Waals surface area (Å²) in [6.07, 6.45) is 0. The summed E-state index contributed by atoms with van der Waals surface area (Å²) in [7, 11) is 1.65. The van der Waals surface area contributed by atoms with Crippen LogP contribution in [-0.2, 0) is 12.4 Å². The van der Waals surface area contributed by atoms with E-state index < -0.39 is 0 Å². The maximum atomic E-state index is 5.85. The Kier molecular flexibility index (Phi) is 6.23. The summed E-state index contributed by atoms with van der Waals surface area (Å²) >= 11 is 10.9. The highest BCUT2D eigenvalue weighted by molar-refractivity contribution is 9.10. The van der Waals surface area contributed by atoms with Gasteiger partial charge in [0.05, 0.1) is 11.6 Å². The van der Waals surface area contributed by atoms with Crippen molar-refractivity contribution in [2.75, 3.05) is 7.11 Å². The highest BCUT2D eigenvalue weighted by atomic mass is 79.9. The van der Waals surface area contributed by atoms with Gasteiger partial charge in [-0.05, 0) is 57.9 Å². The van der Waals surface area contributed by atoms with Gasteiger partial charge in [0.1, 0.15) is 18.1 Å². The van der Waals surface area contributed by atoms with Crippen molar-refractivity contribution >= 4 is 39.3 Å². The molecule has 5 nitrogen and oxygen atoms in total. The summed E-state index contributed by atoms with van der Waals surface area (Å²) in [6.45, 7) is 0.323. The monoisotopic (exact) mass is 439 g/mol. The van der Waals surface area contributed by atoms with Crippen LogP contribution in [0.5, 0.6) is 11.5 Å². The third-order valence-electron chi connectivity index (χ3n) is 3.28. The number of nitrogens with one attached hydrogen (secondary N) is 1. The highest BCUT2D eigenvalue weighted by Gasteiger charge is 2.07. The van der Waals surface area contributed by atoms with Crippen LogP contribution in [0.2, 0.25) is 5.02 Å². The zero-order valence-electron chi connectivity index (χ0n) is 13.3. The molecule has 0 bridgehead atoms. The Labute approximate surface area is 163 Å². The number of benzene rings is 2. The van der Waals surface area contributed by atoms with Gasteiger partial charge in [0, 0.05) is 10.8 Å². The van der Waals surface area contributed by atoms with Crippen molar-refractivity contribution in [1.29, 1.82) is 0 Å². The molecule has 0 spiro atoms. The van der Waals surface area contributed by atoms with Crippen LogP contribution in [0, 0.1) is 0 Å². The van der Waals surface area contributed by atoms with Crippen molar-refractivity contribution in [3.05, 3.63) is 63.3 Å². The summed E-state index contributed by atoms with van der Waals surface area (Å²) in [4.78, 5) is 4.42. The van der Waals surface area contributed by atoms with Gasteiger partial charge in [0.2, 0.25) is 5.16 Å². The molecular weight excluding hydrogens is 426 g/mol. The Hall–Kier alpha value is -1.70. The quantitative estimate of drug-likeness (QED) is 0.518. The van der Waals surface area contributed by atoms with Gasteiger partial charge in [-0.2, -0.15) is 0 Å². The lowest BCUT2D eigenvalue weighted by Gasteiger charge is -2.05. The second-order valence-corrected chi connectivity index (χ2v) is 7.30. The summed E-state index contributed by atoms with van der Waals surface area (Å²) in [6, 6.07) is 13.2. The Morgan fingerprint density at radius 2 is 2.00 bits per heavy atom. The molecule has 1 heterocycles. The van der Waals surface area contributed by atoms with Crippen LogP contribution in [0.15, 0.2) is 52.1 Å². The van der Waals surface area contributed by atoms with E-state index in [-0.39, 0.29) is 0 Å². The van der Waals surface area contributed by atoms with Crippen LogP contribution in [-0.4, -0.2) is 22.3 Å². The smallest absolute Gasteiger partial charge is 0.208 e. The van der Waals surface area contributed by atoms with Gasteiger partial charge >= 0.3 is 0 Å². The first-order valence-electron chi connectivity index (χ1n) is 7.39. The molecule has 0 saturated carbocycles. The van der Waals surface area contributed by atoms with E-state index in [9.17, 15) is 0 Å². The highest BCUT2D eigenvalue weighted by Crippen LogP contribution is 2.28. The molecule has 0 radical (unpaired) electrons. The molecule has 0 amide bonds. The SMILES string of the molecule is COc1ccc(CSc2n[nH]c(COc3ccc(Cl)cc3)n2)cc1Br. The van der Waals surface area contributed by atoms with E-state index in [0.29, 0.717) is 22.6 Å². The lowest BCUT2D eigenvalue weighted by atomic mass is 10.2. The lowest BCUT2D eigenvalue weighted by Crippen LogP contribution is -1.97. The first kappa shape index (κ1) is 18.1. The molecule has 0 aliphatic rings. The third-order valence-corrected chi connectivity index (χ3v) is 5.07. The van der Waals surface area contributed by atoms with E-state index in [4.69, 9.17) is 21.1 Å². The van der Waals surface area contributed by atoms with Gasteiger partial charge in [0.25, 0.3) is 0 Å². The van der Waals surface area contributed by atoms with E-state index in [1.54, 1.807) is 31.0 Å². The second kappa shape index (κ2) is 8.60. The third kappa shape index (κ3) is 5.14. The molecular formula is C17H15BrClN3O2S. The number of thioether (sulfide) groups is 1. The molecule has 1 aromatic heterocycles. The van der Waals surface area contributed by atoms with Crippen LogP contribution in [0.3, 0.4) is 0 Å². The molecule has 0 aliphatic heterocycles. The van der Waals surface area contributed by atoms with Gasteiger partial charge < -0.3 is 9.47 Å². The maximum absolute atomic E-state index is 5.85.